The number of benzene rings is 3. The summed E-state index contributed by atoms with van der Waals surface area (Å²) in [4.78, 5) is 16.7. The number of para-hydroxylation sites is 2. The number of phenols is 1. The van der Waals surface area contributed by atoms with Crippen LogP contribution in [0.15, 0.2) is 77.3 Å². The van der Waals surface area contributed by atoms with Gasteiger partial charge < -0.3 is 20.1 Å². The zero-order chi connectivity index (χ0) is 21.6. The molecule has 1 aliphatic heterocycles. The van der Waals surface area contributed by atoms with Crippen molar-refractivity contribution in [1.82, 2.24) is 4.90 Å². The van der Waals surface area contributed by atoms with Crippen molar-refractivity contribution in [2.24, 2.45) is 0 Å². The first-order valence-electron chi connectivity index (χ1n) is 10.2. The molecule has 0 spiro atoms. The Morgan fingerprint density at radius 1 is 0.903 bits per heavy atom. The van der Waals surface area contributed by atoms with Gasteiger partial charge in [0.25, 0.3) is 0 Å². The fraction of sp³-hybridized carbons (Fsp3) is 0.208. The summed E-state index contributed by atoms with van der Waals surface area (Å²) in [6.45, 7) is 3.41. The first-order chi connectivity index (χ1) is 15.1. The van der Waals surface area contributed by atoms with Crippen molar-refractivity contribution >= 4 is 33.2 Å². The molecule has 1 amide bonds. The summed E-state index contributed by atoms with van der Waals surface area (Å²) in [6, 6.07) is 22.3. The average molecular weight is 482 g/mol. The lowest BCUT2D eigenvalue weighted by Gasteiger charge is -2.35. The lowest BCUT2D eigenvalue weighted by Crippen LogP contribution is -2.48. The standard InChI is InChI=1S/C24H24BrN3O3/c25-18-5-9-20(10-6-18)31-21-11-7-19(8-12-21)26-24(30)17-27-13-15-28(16-14-27)22-3-1-2-4-23(22)29/h1-12,29H,13-17H2,(H,26,30). The van der Waals surface area contributed by atoms with Crippen LogP contribution in [0.3, 0.4) is 0 Å². The van der Waals surface area contributed by atoms with E-state index >= 15 is 0 Å². The highest BCUT2D eigenvalue weighted by Gasteiger charge is 2.20. The Balaban J connectivity index is 1.24. The predicted octanol–water partition coefficient (Wildman–Crippen LogP) is 4.71. The molecule has 160 valence electrons. The van der Waals surface area contributed by atoms with Crippen molar-refractivity contribution in [3.05, 3.63) is 77.3 Å². The minimum atomic E-state index is -0.0439. The molecule has 0 aromatic heterocycles. The fourth-order valence-electron chi connectivity index (χ4n) is 3.53. The molecule has 0 atom stereocenters. The second kappa shape index (κ2) is 9.85. The summed E-state index contributed by atoms with van der Waals surface area (Å²) < 4.78 is 6.80. The number of hydrogen-bond acceptors (Lipinski definition) is 5. The van der Waals surface area contributed by atoms with E-state index in [9.17, 15) is 9.90 Å². The molecule has 0 saturated carbocycles. The van der Waals surface area contributed by atoms with Crippen LogP contribution in [0, 0.1) is 0 Å². The quantitative estimate of drug-likeness (QED) is 0.533. The molecule has 0 bridgehead atoms. The Labute approximate surface area is 190 Å². The molecule has 0 radical (unpaired) electrons. The van der Waals surface area contributed by atoms with Gasteiger partial charge in [-0.15, -0.1) is 0 Å². The van der Waals surface area contributed by atoms with Crippen LogP contribution in [0.25, 0.3) is 0 Å². The maximum absolute atomic E-state index is 12.5. The number of carbonyl (C=O) groups is 1. The van der Waals surface area contributed by atoms with Crippen LogP contribution in [0.4, 0.5) is 11.4 Å². The molecule has 6 nitrogen and oxygen atoms in total. The minimum Gasteiger partial charge on any atom is -0.506 e. The topological polar surface area (TPSA) is 65.0 Å². The van der Waals surface area contributed by atoms with E-state index in [4.69, 9.17) is 4.74 Å². The maximum atomic E-state index is 12.5. The molecule has 1 fully saturated rings. The number of phenolic OH excluding ortho intramolecular Hbond substituents is 1. The van der Waals surface area contributed by atoms with Gasteiger partial charge in [-0.05, 0) is 60.7 Å². The third kappa shape index (κ3) is 5.77. The van der Waals surface area contributed by atoms with E-state index in [1.807, 2.05) is 66.7 Å². The zero-order valence-electron chi connectivity index (χ0n) is 17.0. The molecule has 7 heteroatoms. The van der Waals surface area contributed by atoms with Gasteiger partial charge >= 0.3 is 0 Å². The fourth-order valence-corrected chi connectivity index (χ4v) is 3.79. The van der Waals surface area contributed by atoms with Crippen LogP contribution in [-0.2, 0) is 4.79 Å². The van der Waals surface area contributed by atoms with Crippen molar-refractivity contribution in [3.8, 4) is 17.2 Å². The van der Waals surface area contributed by atoms with Crippen LogP contribution < -0.4 is 15.0 Å². The van der Waals surface area contributed by atoms with Crippen molar-refractivity contribution in [2.45, 2.75) is 0 Å². The highest BCUT2D eigenvalue weighted by atomic mass is 79.9. The summed E-state index contributed by atoms with van der Waals surface area (Å²) >= 11 is 3.40. The van der Waals surface area contributed by atoms with Crippen molar-refractivity contribution in [3.63, 3.8) is 0 Å². The molecular formula is C24H24BrN3O3. The zero-order valence-corrected chi connectivity index (χ0v) is 18.6. The van der Waals surface area contributed by atoms with Crippen LogP contribution in [0.5, 0.6) is 17.2 Å². The van der Waals surface area contributed by atoms with E-state index in [0.717, 1.165) is 47.8 Å². The van der Waals surface area contributed by atoms with Gasteiger partial charge in [0.2, 0.25) is 5.91 Å². The largest absolute Gasteiger partial charge is 0.506 e. The molecule has 4 rings (SSSR count). The number of aromatic hydroxyl groups is 1. The van der Waals surface area contributed by atoms with E-state index in [-0.39, 0.29) is 5.91 Å². The van der Waals surface area contributed by atoms with E-state index in [1.54, 1.807) is 6.07 Å². The van der Waals surface area contributed by atoms with Crippen LogP contribution in [0.1, 0.15) is 0 Å². The molecule has 1 saturated heterocycles. The lowest BCUT2D eigenvalue weighted by atomic mass is 10.2. The van der Waals surface area contributed by atoms with Gasteiger partial charge in [-0.3, -0.25) is 9.69 Å². The van der Waals surface area contributed by atoms with Crippen LogP contribution in [0.2, 0.25) is 0 Å². The van der Waals surface area contributed by atoms with Gasteiger partial charge in [0.05, 0.1) is 12.2 Å². The first kappa shape index (κ1) is 21.2. The summed E-state index contributed by atoms with van der Waals surface area (Å²) in [5.74, 6) is 1.71. The number of piperazine rings is 1. The summed E-state index contributed by atoms with van der Waals surface area (Å²) in [7, 11) is 0. The van der Waals surface area contributed by atoms with Gasteiger partial charge in [0, 0.05) is 36.3 Å². The summed E-state index contributed by atoms with van der Waals surface area (Å²) in [5.41, 5.74) is 1.58. The Kier molecular flexibility index (Phi) is 6.74. The molecule has 0 unspecified atom stereocenters. The molecule has 31 heavy (non-hydrogen) atoms. The highest BCUT2D eigenvalue weighted by molar-refractivity contribution is 9.10. The second-order valence-corrected chi connectivity index (χ2v) is 8.30. The molecule has 3 aromatic rings. The van der Waals surface area contributed by atoms with Crippen LogP contribution >= 0.6 is 15.9 Å². The number of rotatable bonds is 6. The average Bonchev–Trinajstić information content (AvgIpc) is 2.78. The normalized spacial score (nSPS) is 14.3. The number of nitrogens with zero attached hydrogens (tertiary/aromatic N) is 2. The number of anilines is 2. The predicted molar refractivity (Wildman–Crippen MR) is 126 cm³/mol. The number of ether oxygens (including phenoxy) is 1. The minimum absolute atomic E-state index is 0.0439. The molecule has 1 aliphatic rings. The smallest absolute Gasteiger partial charge is 0.238 e. The Morgan fingerprint density at radius 2 is 1.52 bits per heavy atom. The van der Waals surface area contributed by atoms with E-state index in [2.05, 4.69) is 31.0 Å². The Bertz CT molecular complexity index is 1020. The van der Waals surface area contributed by atoms with Gasteiger partial charge in [0.15, 0.2) is 0 Å². The molecule has 1 heterocycles. The number of hydrogen-bond donors (Lipinski definition) is 2. The summed E-state index contributed by atoms with van der Waals surface area (Å²) in [6.07, 6.45) is 0. The third-order valence-corrected chi connectivity index (χ3v) is 5.68. The Hall–Kier alpha value is -3.03. The van der Waals surface area contributed by atoms with Crippen molar-refractivity contribution < 1.29 is 14.6 Å². The summed E-state index contributed by atoms with van der Waals surface area (Å²) in [5, 5.41) is 13.0. The van der Waals surface area contributed by atoms with Gasteiger partial charge in [-0.1, -0.05) is 28.1 Å². The van der Waals surface area contributed by atoms with Gasteiger partial charge in [0.1, 0.15) is 17.2 Å². The van der Waals surface area contributed by atoms with Crippen molar-refractivity contribution in [2.75, 3.05) is 42.9 Å². The molecular weight excluding hydrogens is 458 g/mol. The number of halogens is 1. The monoisotopic (exact) mass is 481 g/mol. The maximum Gasteiger partial charge on any atom is 0.238 e. The van der Waals surface area contributed by atoms with E-state index in [1.165, 1.54) is 0 Å². The number of nitrogens with one attached hydrogen (secondary N) is 1. The van der Waals surface area contributed by atoms with Crippen molar-refractivity contribution in [1.29, 1.82) is 0 Å². The lowest BCUT2D eigenvalue weighted by molar-refractivity contribution is -0.117. The Morgan fingerprint density at radius 3 is 2.16 bits per heavy atom. The molecule has 0 aliphatic carbocycles. The first-order valence-corrected chi connectivity index (χ1v) is 10.9. The highest BCUT2D eigenvalue weighted by Crippen LogP contribution is 2.27. The van der Waals surface area contributed by atoms with Gasteiger partial charge in [-0.25, -0.2) is 0 Å². The third-order valence-electron chi connectivity index (χ3n) is 5.15. The SMILES string of the molecule is O=C(CN1CCN(c2ccccc2O)CC1)Nc1ccc(Oc2ccc(Br)cc2)cc1. The molecule has 3 aromatic carbocycles. The number of carbonyl (C=O) groups excluding carboxylic acids is 1. The molecule has 2 N–H and O–H groups in total. The number of amides is 1. The van der Waals surface area contributed by atoms with Gasteiger partial charge in [-0.2, -0.15) is 0 Å². The second-order valence-electron chi connectivity index (χ2n) is 7.38. The van der Waals surface area contributed by atoms with E-state index < -0.39 is 0 Å². The van der Waals surface area contributed by atoms with E-state index in [0.29, 0.717) is 18.0 Å². The van der Waals surface area contributed by atoms with Crippen LogP contribution in [-0.4, -0.2) is 48.6 Å².